The summed E-state index contributed by atoms with van der Waals surface area (Å²) in [5.74, 6) is 2.32. The molecule has 0 radical (unpaired) electrons. The average Bonchev–Trinajstić information content (AvgIpc) is 3.09. The highest BCUT2D eigenvalue weighted by atomic mass is 16.5. The quantitative estimate of drug-likeness (QED) is 0.684. The number of carbonyl (C=O) groups excluding carboxylic acids is 2. The van der Waals surface area contributed by atoms with E-state index in [2.05, 4.69) is 19.1 Å². The van der Waals surface area contributed by atoms with Crippen molar-refractivity contribution in [2.75, 3.05) is 19.8 Å². The molecule has 5 rings (SSSR count). The van der Waals surface area contributed by atoms with E-state index in [1.165, 1.54) is 0 Å². The smallest absolute Gasteiger partial charge is 0.166 e. The molecule has 0 N–H and O–H groups in total. The summed E-state index contributed by atoms with van der Waals surface area (Å²) >= 11 is 0. The van der Waals surface area contributed by atoms with Gasteiger partial charge < -0.3 is 9.47 Å². The van der Waals surface area contributed by atoms with Gasteiger partial charge in [0.1, 0.15) is 12.4 Å². The summed E-state index contributed by atoms with van der Waals surface area (Å²) in [6.07, 6.45) is 0.930. The minimum atomic E-state index is -0.375. The van der Waals surface area contributed by atoms with E-state index in [1.54, 1.807) is 6.07 Å². The van der Waals surface area contributed by atoms with Crippen molar-refractivity contribution in [1.82, 2.24) is 0 Å². The number of hydrogen-bond acceptors (Lipinski definition) is 4. The van der Waals surface area contributed by atoms with Crippen molar-refractivity contribution in [2.24, 2.45) is 17.8 Å². The lowest BCUT2D eigenvalue weighted by Crippen LogP contribution is -2.25. The number of ether oxygens (including phenoxy) is 2. The fourth-order valence-corrected chi connectivity index (χ4v) is 5.09. The molecule has 1 saturated carbocycles. The second kappa shape index (κ2) is 6.81. The van der Waals surface area contributed by atoms with Crippen LogP contribution in [0.15, 0.2) is 42.5 Å². The number of Topliss-reactive ketones (excluding diaryl/α,β-unsaturated/α-hetero) is 2. The molecule has 4 atom stereocenters. The lowest BCUT2D eigenvalue weighted by molar-refractivity contribution is 0.0950. The molecule has 4 nitrogen and oxygen atoms in total. The van der Waals surface area contributed by atoms with Crippen LogP contribution in [0.2, 0.25) is 0 Å². The second-order valence-electron chi connectivity index (χ2n) is 8.82. The van der Waals surface area contributed by atoms with Crippen molar-refractivity contribution in [3.05, 3.63) is 64.7 Å². The molecule has 2 aromatic carbocycles. The van der Waals surface area contributed by atoms with E-state index in [0.717, 1.165) is 24.3 Å². The Bertz CT molecular complexity index is 970. The largest absolute Gasteiger partial charge is 0.491 e. The van der Waals surface area contributed by atoms with Crippen molar-refractivity contribution < 1.29 is 19.1 Å². The van der Waals surface area contributed by atoms with Gasteiger partial charge >= 0.3 is 0 Å². The predicted octanol–water partition coefficient (Wildman–Crippen LogP) is 4.44. The SMILES string of the molecule is CCC(=O)c1cc(C(=O)CC2[C@H]3COC[C@@H]23)cc2c1OCC2(C)c1ccccc1. The first kappa shape index (κ1) is 18.6. The maximum Gasteiger partial charge on any atom is 0.166 e. The summed E-state index contributed by atoms with van der Waals surface area (Å²) in [6.45, 7) is 6.02. The molecule has 0 bridgehead atoms. The van der Waals surface area contributed by atoms with Gasteiger partial charge in [0.25, 0.3) is 0 Å². The topological polar surface area (TPSA) is 52.6 Å². The highest BCUT2D eigenvalue weighted by Gasteiger charge is 2.54. The van der Waals surface area contributed by atoms with E-state index in [1.807, 2.05) is 31.2 Å². The number of fused-ring (bicyclic) bond motifs is 2. The van der Waals surface area contributed by atoms with Crippen LogP contribution in [0.5, 0.6) is 5.75 Å². The standard InChI is InChI=1S/C25H26O4/c1-3-22(26)18-9-15(23(27)11-17-19-12-28-13-20(17)19)10-21-24(18)29-14-25(21,2)16-7-5-4-6-8-16/h4-10,17,19-20H,3,11-14H2,1-2H3/t17?,19-,20+,25?. The Morgan fingerprint density at radius 1 is 1.07 bits per heavy atom. The molecule has 4 heteroatoms. The zero-order valence-electron chi connectivity index (χ0n) is 16.9. The van der Waals surface area contributed by atoms with Gasteiger partial charge in [-0.05, 0) is 42.4 Å². The highest BCUT2D eigenvalue weighted by molar-refractivity contribution is 6.04. The molecule has 2 heterocycles. The van der Waals surface area contributed by atoms with Gasteiger partial charge in [-0.25, -0.2) is 0 Å². The summed E-state index contributed by atoms with van der Waals surface area (Å²) < 4.78 is 11.5. The molecule has 2 aromatic rings. The summed E-state index contributed by atoms with van der Waals surface area (Å²) in [6, 6.07) is 13.9. The Labute approximate surface area is 171 Å². The summed E-state index contributed by atoms with van der Waals surface area (Å²) in [4.78, 5) is 25.8. The van der Waals surface area contributed by atoms with Gasteiger partial charge in [-0.15, -0.1) is 0 Å². The fraction of sp³-hybridized carbons (Fsp3) is 0.440. The lowest BCUT2D eigenvalue weighted by atomic mass is 9.76. The molecular weight excluding hydrogens is 364 g/mol. The Balaban J connectivity index is 1.54. The number of benzene rings is 2. The zero-order chi connectivity index (χ0) is 20.2. The summed E-state index contributed by atoms with van der Waals surface area (Å²) in [7, 11) is 0. The van der Waals surface area contributed by atoms with Crippen LogP contribution in [-0.2, 0) is 10.2 Å². The fourth-order valence-electron chi connectivity index (χ4n) is 5.09. The predicted molar refractivity (Wildman–Crippen MR) is 110 cm³/mol. The van der Waals surface area contributed by atoms with Gasteiger partial charge in [-0.3, -0.25) is 9.59 Å². The first-order valence-corrected chi connectivity index (χ1v) is 10.5. The van der Waals surface area contributed by atoms with Gasteiger partial charge in [0.15, 0.2) is 11.6 Å². The molecule has 0 amide bonds. The van der Waals surface area contributed by atoms with Crippen LogP contribution in [0, 0.1) is 17.8 Å². The maximum absolute atomic E-state index is 13.1. The van der Waals surface area contributed by atoms with Crippen LogP contribution in [0.4, 0.5) is 0 Å². The van der Waals surface area contributed by atoms with Crippen molar-refractivity contribution in [2.45, 2.75) is 32.1 Å². The normalized spacial score (nSPS) is 29.1. The van der Waals surface area contributed by atoms with Crippen molar-refractivity contribution in [1.29, 1.82) is 0 Å². The minimum Gasteiger partial charge on any atom is -0.491 e. The van der Waals surface area contributed by atoms with Gasteiger partial charge in [-0.1, -0.05) is 37.3 Å². The molecule has 2 aliphatic heterocycles. The van der Waals surface area contributed by atoms with Crippen molar-refractivity contribution in [3.63, 3.8) is 0 Å². The summed E-state index contributed by atoms with van der Waals surface area (Å²) in [5, 5.41) is 0. The monoisotopic (exact) mass is 390 g/mol. The summed E-state index contributed by atoms with van der Waals surface area (Å²) in [5.41, 5.74) is 2.89. The molecule has 0 aromatic heterocycles. The Kier molecular flexibility index (Phi) is 4.36. The first-order chi connectivity index (χ1) is 14.0. The van der Waals surface area contributed by atoms with Gasteiger partial charge in [-0.2, -0.15) is 0 Å². The molecule has 2 fully saturated rings. The average molecular weight is 390 g/mol. The molecule has 2 unspecified atom stereocenters. The van der Waals surface area contributed by atoms with Crippen LogP contribution in [0.25, 0.3) is 0 Å². The van der Waals surface area contributed by atoms with E-state index in [9.17, 15) is 9.59 Å². The third kappa shape index (κ3) is 2.93. The maximum atomic E-state index is 13.1. The van der Waals surface area contributed by atoms with Crippen molar-refractivity contribution >= 4 is 11.6 Å². The molecule has 0 spiro atoms. The van der Waals surface area contributed by atoms with Crippen LogP contribution >= 0.6 is 0 Å². The minimum absolute atomic E-state index is 0.0184. The second-order valence-corrected chi connectivity index (χ2v) is 8.82. The number of rotatable bonds is 6. The van der Waals surface area contributed by atoms with E-state index < -0.39 is 0 Å². The third-order valence-corrected chi connectivity index (χ3v) is 7.09. The van der Waals surface area contributed by atoms with Gasteiger partial charge in [0.2, 0.25) is 0 Å². The van der Waals surface area contributed by atoms with Crippen LogP contribution in [-0.4, -0.2) is 31.4 Å². The Hall–Kier alpha value is -2.46. The molecule has 1 aliphatic carbocycles. The van der Waals surface area contributed by atoms with E-state index >= 15 is 0 Å². The lowest BCUT2D eigenvalue weighted by Gasteiger charge is -2.24. The Morgan fingerprint density at radius 2 is 1.79 bits per heavy atom. The van der Waals surface area contributed by atoms with E-state index in [-0.39, 0.29) is 17.0 Å². The van der Waals surface area contributed by atoms with Crippen LogP contribution < -0.4 is 4.74 Å². The Morgan fingerprint density at radius 3 is 2.48 bits per heavy atom. The van der Waals surface area contributed by atoms with E-state index in [0.29, 0.717) is 54.1 Å². The van der Waals surface area contributed by atoms with Gasteiger partial charge in [0.05, 0.1) is 24.2 Å². The highest BCUT2D eigenvalue weighted by Crippen LogP contribution is 2.53. The molecular formula is C25H26O4. The number of hydrogen-bond donors (Lipinski definition) is 0. The van der Waals surface area contributed by atoms with Crippen molar-refractivity contribution in [3.8, 4) is 5.75 Å². The van der Waals surface area contributed by atoms with E-state index in [4.69, 9.17) is 9.47 Å². The van der Waals surface area contributed by atoms with Crippen LogP contribution in [0.1, 0.15) is 58.5 Å². The molecule has 1 saturated heterocycles. The number of carbonyl (C=O) groups is 2. The first-order valence-electron chi connectivity index (χ1n) is 10.5. The molecule has 3 aliphatic rings. The number of ketones is 2. The molecule has 150 valence electrons. The zero-order valence-corrected chi connectivity index (χ0v) is 16.9. The van der Waals surface area contributed by atoms with Gasteiger partial charge in [0, 0.05) is 24.0 Å². The third-order valence-electron chi connectivity index (χ3n) is 7.09. The van der Waals surface area contributed by atoms with Crippen LogP contribution in [0.3, 0.4) is 0 Å². The molecule has 29 heavy (non-hydrogen) atoms.